The Labute approximate surface area is 116 Å². The maximum absolute atomic E-state index is 13.5. The minimum absolute atomic E-state index is 0.0749. The highest BCUT2D eigenvalue weighted by Gasteiger charge is 2.44. The minimum Gasteiger partial charge on any atom is -0.331 e. The van der Waals surface area contributed by atoms with Crippen LogP contribution in [0, 0.1) is 11.7 Å². The van der Waals surface area contributed by atoms with Crippen molar-refractivity contribution in [3.63, 3.8) is 0 Å². The van der Waals surface area contributed by atoms with E-state index in [1.807, 2.05) is 11.8 Å². The van der Waals surface area contributed by atoms with Gasteiger partial charge in [-0.3, -0.25) is 4.79 Å². The molecule has 0 aromatic heterocycles. The smallest absolute Gasteiger partial charge is 0.256 e. The number of amides is 1. The van der Waals surface area contributed by atoms with E-state index in [9.17, 15) is 9.18 Å². The zero-order valence-corrected chi connectivity index (χ0v) is 11.5. The van der Waals surface area contributed by atoms with Crippen molar-refractivity contribution in [1.29, 1.82) is 0 Å². The van der Waals surface area contributed by atoms with Crippen molar-refractivity contribution in [2.45, 2.75) is 25.4 Å². The molecule has 19 heavy (non-hydrogen) atoms. The lowest BCUT2D eigenvalue weighted by Crippen LogP contribution is -2.42. The van der Waals surface area contributed by atoms with Crippen LogP contribution in [-0.2, 0) is 0 Å². The van der Waals surface area contributed by atoms with E-state index >= 15 is 0 Å². The number of benzene rings is 1. The Balaban J connectivity index is 1.93. The van der Waals surface area contributed by atoms with Crippen LogP contribution in [-0.4, -0.2) is 36.0 Å². The summed E-state index contributed by atoms with van der Waals surface area (Å²) in [5.41, 5.74) is 0.265. The molecule has 0 saturated carbocycles. The van der Waals surface area contributed by atoms with Gasteiger partial charge in [-0.2, -0.15) is 0 Å². The largest absolute Gasteiger partial charge is 0.331 e. The van der Waals surface area contributed by atoms with Crippen LogP contribution in [0.4, 0.5) is 4.39 Å². The second-order valence-electron chi connectivity index (χ2n) is 5.38. The van der Waals surface area contributed by atoms with Gasteiger partial charge in [-0.1, -0.05) is 17.7 Å². The Morgan fingerprint density at radius 3 is 3.05 bits per heavy atom. The molecular formula is C14H16ClFN2O. The number of carbonyl (C=O) groups is 1. The summed E-state index contributed by atoms with van der Waals surface area (Å²) in [4.78, 5) is 14.5. The number of hydrogen-bond donors (Lipinski definition) is 1. The molecule has 0 aliphatic carbocycles. The second-order valence-corrected chi connectivity index (χ2v) is 5.76. The number of halogens is 2. The molecule has 3 nitrogen and oxygen atoms in total. The average molecular weight is 283 g/mol. The molecule has 1 aromatic carbocycles. The van der Waals surface area contributed by atoms with Crippen molar-refractivity contribution in [3.05, 3.63) is 34.6 Å². The van der Waals surface area contributed by atoms with Gasteiger partial charge in [0.1, 0.15) is 5.82 Å². The van der Waals surface area contributed by atoms with Crippen molar-refractivity contribution < 1.29 is 9.18 Å². The van der Waals surface area contributed by atoms with Gasteiger partial charge in [-0.25, -0.2) is 4.39 Å². The fourth-order valence-corrected chi connectivity index (χ4v) is 3.53. The monoisotopic (exact) mass is 282 g/mol. The molecule has 2 fully saturated rings. The highest BCUT2D eigenvalue weighted by atomic mass is 35.5. The SMILES string of the molecule is CC1CC2CNCC2N1C(=O)c1cccc(F)c1Cl. The summed E-state index contributed by atoms with van der Waals surface area (Å²) >= 11 is 5.92. The molecule has 2 saturated heterocycles. The van der Waals surface area contributed by atoms with Crippen LogP contribution >= 0.6 is 11.6 Å². The summed E-state index contributed by atoms with van der Waals surface area (Å²) in [5.74, 6) is -0.194. The molecular weight excluding hydrogens is 267 g/mol. The molecule has 1 aromatic rings. The Kier molecular flexibility index (Phi) is 3.23. The van der Waals surface area contributed by atoms with Crippen LogP contribution in [0.5, 0.6) is 0 Å². The highest BCUT2D eigenvalue weighted by Crippen LogP contribution is 2.34. The lowest BCUT2D eigenvalue weighted by molar-refractivity contribution is 0.0682. The number of fused-ring (bicyclic) bond motifs is 1. The molecule has 2 aliphatic heterocycles. The quantitative estimate of drug-likeness (QED) is 0.857. The first-order valence-corrected chi connectivity index (χ1v) is 6.94. The van der Waals surface area contributed by atoms with Crippen LogP contribution in [0.15, 0.2) is 18.2 Å². The fourth-order valence-electron chi connectivity index (χ4n) is 3.32. The zero-order valence-electron chi connectivity index (χ0n) is 10.7. The lowest BCUT2D eigenvalue weighted by Gasteiger charge is -2.28. The summed E-state index contributed by atoms with van der Waals surface area (Å²) in [7, 11) is 0. The molecule has 102 valence electrons. The third-order valence-corrected chi connectivity index (χ3v) is 4.58. The third-order valence-electron chi connectivity index (χ3n) is 4.20. The van der Waals surface area contributed by atoms with Gasteiger partial charge >= 0.3 is 0 Å². The van der Waals surface area contributed by atoms with Gasteiger partial charge in [-0.05, 0) is 31.4 Å². The zero-order chi connectivity index (χ0) is 13.6. The molecule has 0 bridgehead atoms. The van der Waals surface area contributed by atoms with Gasteiger partial charge in [0.15, 0.2) is 0 Å². The van der Waals surface area contributed by atoms with Gasteiger partial charge in [0, 0.05) is 25.2 Å². The topological polar surface area (TPSA) is 32.3 Å². The van der Waals surface area contributed by atoms with Gasteiger partial charge in [0.2, 0.25) is 0 Å². The normalized spacial score (nSPS) is 29.6. The van der Waals surface area contributed by atoms with Crippen molar-refractivity contribution in [1.82, 2.24) is 10.2 Å². The van der Waals surface area contributed by atoms with Crippen molar-refractivity contribution >= 4 is 17.5 Å². The Hall–Kier alpha value is -1.13. The molecule has 2 aliphatic rings. The van der Waals surface area contributed by atoms with Crippen molar-refractivity contribution in [3.8, 4) is 0 Å². The number of likely N-dealkylation sites (tertiary alicyclic amines) is 1. The number of nitrogens with one attached hydrogen (secondary N) is 1. The molecule has 0 spiro atoms. The summed E-state index contributed by atoms with van der Waals surface area (Å²) in [6.45, 7) is 3.81. The second kappa shape index (κ2) is 4.76. The maximum atomic E-state index is 13.5. The third kappa shape index (κ3) is 2.03. The molecule has 5 heteroatoms. The first-order chi connectivity index (χ1) is 9.09. The van der Waals surface area contributed by atoms with E-state index in [0.29, 0.717) is 5.92 Å². The minimum atomic E-state index is -0.541. The fraction of sp³-hybridized carbons (Fsp3) is 0.500. The summed E-state index contributed by atoms with van der Waals surface area (Å²) < 4.78 is 13.5. The van der Waals surface area contributed by atoms with Gasteiger partial charge in [0.05, 0.1) is 10.6 Å². The molecule has 1 amide bonds. The first-order valence-electron chi connectivity index (χ1n) is 6.57. The van der Waals surface area contributed by atoms with E-state index < -0.39 is 5.82 Å². The highest BCUT2D eigenvalue weighted by molar-refractivity contribution is 6.34. The molecule has 3 unspecified atom stereocenters. The number of rotatable bonds is 1. The van der Waals surface area contributed by atoms with Crippen LogP contribution < -0.4 is 5.32 Å². The molecule has 0 radical (unpaired) electrons. The van der Waals surface area contributed by atoms with Gasteiger partial charge in [0.25, 0.3) is 5.91 Å². The van der Waals surface area contributed by atoms with Gasteiger partial charge < -0.3 is 10.2 Å². The van der Waals surface area contributed by atoms with E-state index in [4.69, 9.17) is 11.6 Å². The Morgan fingerprint density at radius 1 is 1.47 bits per heavy atom. The van der Waals surface area contributed by atoms with E-state index in [1.54, 1.807) is 6.07 Å². The van der Waals surface area contributed by atoms with E-state index in [1.165, 1.54) is 12.1 Å². The summed E-state index contributed by atoms with van der Waals surface area (Å²) in [5, 5.41) is 3.23. The average Bonchev–Trinajstić information content (AvgIpc) is 2.91. The van der Waals surface area contributed by atoms with Crippen LogP contribution in [0.3, 0.4) is 0 Å². The lowest BCUT2D eigenvalue weighted by atomic mass is 10.0. The molecule has 3 rings (SSSR count). The van der Waals surface area contributed by atoms with Crippen LogP contribution in [0.25, 0.3) is 0 Å². The van der Waals surface area contributed by atoms with E-state index in [0.717, 1.165) is 19.5 Å². The maximum Gasteiger partial charge on any atom is 0.256 e. The molecule has 3 atom stereocenters. The van der Waals surface area contributed by atoms with Gasteiger partial charge in [-0.15, -0.1) is 0 Å². The predicted molar refractivity (Wildman–Crippen MR) is 71.8 cm³/mol. The standard InChI is InChI=1S/C14H16ClFN2O/c1-8-5-9-6-17-7-12(9)18(8)14(19)10-3-2-4-11(16)13(10)15/h2-4,8-9,12,17H,5-7H2,1H3. The van der Waals surface area contributed by atoms with Crippen LogP contribution in [0.1, 0.15) is 23.7 Å². The summed E-state index contributed by atoms with van der Waals surface area (Å²) in [6, 6.07) is 4.79. The molecule has 2 heterocycles. The Morgan fingerprint density at radius 2 is 2.26 bits per heavy atom. The number of nitrogens with zero attached hydrogens (tertiary/aromatic N) is 1. The van der Waals surface area contributed by atoms with E-state index in [2.05, 4.69) is 5.32 Å². The molecule has 1 N–H and O–H groups in total. The summed E-state index contributed by atoms with van der Waals surface area (Å²) in [6.07, 6.45) is 0.996. The number of carbonyl (C=O) groups excluding carboxylic acids is 1. The first kappa shape index (κ1) is 12.9. The number of hydrogen-bond acceptors (Lipinski definition) is 2. The van der Waals surface area contributed by atoms with Crippen molar-refractivity contribution in [2.75, 3.05) is 13.1 Å². The van der Waals surface area contributed by atoms with Crippen molar-refractivity contribution in [2.24, 2.45) is 5.92 Å². The van der Waals surface area contributed by atoms with Crippen LogP contribution in [0.2, 0.25) is 5.02 Å². The Bertz CT molecular complexity index is 522. The van der Waals surface area contributed by atoms with E-state index in [-0.39, 0.29) is 28.6 Å². The predicted octanol–water partition coefficient (Wildman–Crippen LogP) is 2.30.